The Kier molecular flexibility index (Phi) is 4.31. The van der Waals surface area contributed by atoms with Gasteiger partial charge < -0.3 is 13.9 Å². The van der Waals surface area contributed by atoms with E-state index in [1.807, 2.05) is 0 Å². The molecule has 3 rings (SSSR count). The third-order valence-electron chi connectivity index (χ3n) is 3.59. The van der Waals surface area contributed by atoms with Crippen molar-refractivity contribution in [2.75, 3.05) is 0 Å². The van der Waals surface area contributed by atoms with Crippen LogP contribution in [0.4, 0.5) is 13.2 Å². The number of alkyl halides is 3. The highest BCUT2D eigenvalue weighted by atomic mass is 31.1. The molecule has 0 saturated heterocycles. The first-order valence-electron chi connectivity index (χ1n) is 6.88. The molecule has 1 N–H and O–H groups in total. The molecule has 1 unspecified atom stereocenters. The lowest BCUT2D eigenvalue weighted by Crippen LogP contribution is -2.07. The van der Waals surface area contributed by atoms with Crippen molar-refractivity contribution in [3.8, 4) is 11.3 Å². The van der Waals surface area contributed by atoms with Gasteiger partial charge in [-0.2, -0.15) is 13.2 Å². The first-order chi connectivity index (χ1) is 10.9. The zero-order chi connectivity index (χ0) is 16.6. The van der Waals surface area contributed by atoms with Crippen LogP contribution in [0.25, 0.3) is 11.3 Å². The number of aromatic nitrogens is 1. The smallest absolute Gasteiger partial charge is 0.360 e. The van der Waals surface area contributed by atoms with Gasteiger partial charge in [-0.15, -0.1) is 0 Å². The van der Waals surface area contributed by atoms with Crippen LogP contribution in [-0.2, 0) is 21.9 Å². The normalized spacial score (nSPS) is 16.5. The molecular formula is C14H13F3NO4P. The van der Waals surface area contributed by atoms with Gasteiger partial charge >= 0.3 is 14.4 Å². The molecule has 124 valence electrons. The van der Waals surface area contributed by atoms with Crippen molar-refractivity contribution in [1.29, 1.82) is 0 Å². The van der Waals surface area contributed by atoms with E-state index in [0.29, 0.717) is 11.3 Å². The summed E-state index contributed by atoms with van der Waals surface area (Å²) in [5.41, 5.74) is -0.667. The summed E-state index contributed by atoms with van der Waals surface area (Å²) in [5.74, 6) is 0.508. The Balaban J connectivity index is 2.08. The van der Waals surface area contributed by atoms with E-state index in [-0.39, 0.29) is 23.8 Å². The lowest BCUT2D eigenvalue weighted by Gasteiger charge is -2.12. The second-order valence-corrected chi connectivity index (χ2v) is 6.07. The van der Waals surface area contributed by atoms with Crippen molar-refractivity contribution >= 4 is 8.25 Å². The van der Waals surface area contributed by atoms with Gasteiger partial charge in [-0.05, 0) is 18.9 Å². The molecule has 1 heterocycles. The van der Waals surface area contributed by atoms with Gasteiger partial charge in [0.1, 0.15) is 11.5 Å². The Hall–Kier alpha value is -1.63. The average molecular weight is 347 g/mol. The van der Waals surface area contributed by atoms with Crippen LogP contribution in [0, 0.1) is 0 Å². The number of rotatable bonds is 5. The van der Waals surface area contributed by atoms with Gasteiger partial charge in [-0.3, -0.25) is 4.57 Å². The highest BCUT2D eigenvalue weighted by Crippen LogP contribution is 2.46. The summed E-state index contributed by atoms with van der Waals surface area (Å²) in [7, 11) is -3.21. The van der Waals surface area contributed by atoms with Gasteiger partial charge in [0.15, 0.2) is 0 Å². The molecule has 0 radical (unpaired) electrons. The van der Waals surface area contributed by atoms with E-state index >= 15 is 0 Å². The summed E-state index contributed by atoms with van der Waals surface area (Å²) in [6.07, 6.45) is -2.86. The molecule has 23 heavy (non-hydrogen) atoms. The molecule has 1 aromatic heterocycles. The van der Waals surface area contributed by atoms with Crippen LogP contribution in [0.5, 0.6) is 0 Å². The van der Waals surface area contributed by atoms with Crippen LogP contribution < -0.4 is 0 Å². The van der Waals surface area contributed by atoms with Crippen LogP contribution in [0.1, 0.15) is 35.6 Å². The maximum Gasteiger partial charge on any atom is 0.417 e. The summed E-state index contributed by atoms with van der Waals surface area (Å²) >= 11 is 0. The standard InChI is InChI=1S/C14H13F3NO4P/c15-14(16,17)11-4-2-1-3-9(11)12-10(7-21-23(19)20)13(22-18-12)8-5-6-8/h1-4,8,23H,5-7H2,(H,19,20). The van der Waals surface area contributed by atoms with Crippen LogP contribution in [-0.4, -0.2) is 10.1 Å². The largest absolute Gasteiger partial charge is 0.417 e. The maximum absolute atomic E-state index is 13.2. The minimum absolute atomic E-state index is 0.00285. The van der Waals surface area contributed by atoms with E-state index in [2.05, 4.69) is 5.16 Å². The minimum atomic E-state index is -4.54. The lowest BCUT2D eigenvalue weighted by molar-refractivity contribution is -0.137. The molecule has 1 aromatic carbocycles. The molecule has 9 heteroatoms. The molecular weight excluding hydrogens is 334 g/mol. The van der Waals surface area contributed by atoms with Crippen molar-refractivity contribution in [2.45, 2.75) is 31.5 Å². The fourth-order valence-corrected chi connectivity index (χ4v) is 2.68. The molecule has 0 amide bonds. The molecule has 5 nitrogen and oxygen atoms in total. The van der Waals surface area contributed by atoms with Crippen LogP contribution in [0.15, 0.2) is 28.8 Å². The van der Waals surface area contributed by atoms with Crippen molar-refractivity contribution < 1.29 is 31.7 Å². The first kappa shape index (κ1) is 16.2. The first-order valence-corrected chi connectivity index (χ1v) is 8.15. The van der Waals surface area contributed by atoms with Crippen molar-refractivity contribution in [3.05, 3.63) is 41.2 Å². The molecule has 1 aliphatic rings. The van der Waals surface area contributed by atoms with E-state index in [1.54, 1.807) is 0 Å². The Bertz CT molecular complexity index is 740. The molecule has 1 fully saturated rings. The predicted molar refractivity (Wildman–Crippen MR) is 74.9 cm³/mol. The minimum Gasteiger partial charge on any atom is -0.360 e. The van der Waals surface area contributed by atoms with Gasteiger partial charge in [-0.25, -0.2) is 0 Å². The van der Waals surface area contributed by atoms with E-state index in [0.717, 1.165) is 18.9 Å². The van der Waals surface area contributed by atoms with Gasteiger partial charge in [-0.1, -0.05) is 23.4 Å². The van der Waals surface area contributed by atoms with E-state index in [4.69, 9.17) is 13.9 Å². The average Bonchev–Trinajstić information content (AvgIpc) is 3.24. The SMILES string of the molecule is O=[PH](O)OCc1c(-c2ccccc2C(F)(F)F)noc1C1CC1. The summed E-state index contributed by atoms with van der Waals surface area (Å²) in [6, 6.07) is 5.01. The summed E-state index contributed by atoms with van der Waals surface area (Å²) in [4.78, 5) is 8.83. The topological polar surface area (TPSA) is 72.6 Å². The Labute approximate surface area is 130 Å². The number of halogens is 3. The number of hydrogen-bond acceptors (Lipinski definition) is 4. The van der Waals surface area contributed by atoms with Gasteiger partial charge in [0, 0.05) is 17.0 Å². The van der Waals surface area contributed by atoms with E-state index in [9.17, 15) is 17.7 Å². The lowest BCUT2D eigenvalue weighted by atomic mass is 9.99. The second kappa shape index (κ2) is 6.11. The molecule has 0 spiro atoms. The van der Waals surface area contributed by atoms with E-state index in [1.165, 1.54) is 18.2 Å². The molecule has 0 aliphatic heterocycles. The zero-order valence-corrected chi connectivity index (χ0v) is 12.8. The third kappa shape index (κ3) is 3.49. The fraction of sp³-hybridized carbons (Fsp3) is 0.357. The number of nitrogens with zero attached hydrogens (tertiary/aromatic N) is 1. The zero-order valence-electron chi connectivity index (χ0n) is 11.8. The third-order valence-corrected chi connectivity index (χ3v) is 3.99. The summed E-state index contributed by atoms with van der Waals surface area (Å²) in [5, 5.41) is 3.77. The van der Waals surface area contributed by atoms with Crippen LogP contribution in [0.3, 0.4) is 0 Å². The highest BCUT2D eigenvalue weighted by Gasteiger charge is 2.37. The Morgan fingerprint density at radius 3 is 2.65 bits per heavy atom. The molecule has 1 aliphatic carbocycles. The number of benzene rings is 1. The molecule has 1 saturated carbocycles. The molecule has 1 atom stereocenters. The van der Waals surface area contributed by atoms with Crippen molar-refractivity contribution in [1.82, 2.24) is 5.16 Å². The summed E-state index contributed by atoms with van der Waals surface area (Å²) < 4.78 is 60.3. The van der Waals surface area contributed by atoms with Crippen LogP contribution in [0.2, 0.25) is 0 Å². The quantitative estimate of drug-likeness (QED) is 0.823. The summed E-state index contributed by atoms with van der Waals surface area (Å²) in [6.45, 7) is -0.314. The fourth-order valence-electron chi connectivity index (χ4n) is 2.41. The molecule has 0 bridgehead atoms. The molecule has 2 aromatic rings. The second-order valence-electron chi connectivity index (χ2n) is 5.25. The predicted octanol–water partition coefficient (Wildman–Crippen LogP) is 4.14. The highest BCUT2D eigenvalue weighted by molar-refractivity contribution is 7.32. The maximum atomic E-state index is 13.2. The monoisotopic (exact) mass is 347 g/mol. The van der Waals surface area contributed by atoms with Gasteiger partial charge in [0.25, 0.3) is 0 Å². The Morgan fingerprint density at radius 1 is 1.35 bits per heavy atom. The van der Waals surface area contributed by atoms with Gasteiger partial charge in [0.2, 0.25) is 0 Å². The number of hydrogen-bond donors (Lipinski definition) is 1. The van der Waals surface area contributed by atoms with Gasteiger partial charge in [0.05, 0.1) is 12.2 Å². The van der Waals surface area contributed by atoms with Crippen molar-refractivity contribution in [2.24, 2.45) is 0 Å². The van der Waals surface area contributed by atoms with Crippen molar-refractivity contribution in [3.63, 3.8) is 0 Å². The Morgan fingerprint density at radius 2 is 2.04 bits per heavy atom. The van der Waals surface area contributed by atoms with E-state index < -0.39 is 20.0 Å². The van der Waals surface area contributed by atoms with Crippen LogP contribution >= 0.6 is 8.25 Å².